The van der Waals surface area contributed by atoms with Crippen molar-refractivity contribution >= 4 is 28.7 Å². The number of nitrogens with zero attached hydrogens (tertiary/aromatic N) is 3. The van der Waals surface area contributed by atoms with Gasteiger partial charge < -0.3 is 14.8 Å². The van der Waals surface area contributed by atoms with Crippen LogP contribution in [0.3, 0.4) is 0 Å². The fourth-order valence-electron chi connectivity index (χ4n) is 3.28. The quantitative estimate of drug-likeness (QED) is 0.455. The molecule has 2 aromatic heterocycles. The number of ketones is 1. The predicted octanol–water partition coefficient (Wildman–Crippen LogP) is 4.32. The summed E-state index contributed by atoms with van der Waals surface area (Å²) in [4.78, 5) is 30.3. The molecule has 1 amide bonds. The molecule has 0 saturated heterocycles. The Morgan fingerprint density at radius 3 is 2.66 bits per heavy atom. The SMILES string of the molecule is CC(=O)c1cc2c(cc1NC(=O)c1nc(-c3cccs3)n(-c3cccc(F)c3)n1)OCO2. The maximum Gasteiger partial charge on any atom is 0.295 e. The fourth-order valence-corrected chi connectivity index (χ4v) is 3.97. The molecule has 0 fully saturated rings. The molecule has 160 valence electrons. The molecule has 0 bridgehead atoms. The summed E-state index contributed by atoms with van der Waals surface area (Å²) in [6.07, 6.45) is 0. The van der Waals surface area contributed by atoms with E-state index in [-0.39, 0.29) is 29.7 Å². The Labute approximate surface area is 185 Å². The highest BCUT2D eigenvalue weighted by atomic mass is 32.1. The highest BCUT2D eigenvalue weighted by Gasteiger charge is 2.24. The molecule has 4 aromatic rings. The summed E-state index contributed by atoms with van der Waals surface area (Å²) in [5.74, 6) is -0.203. The highest BCUT2D eigenvalue weighted by molar-refractivity contribution is 7.13. The summed E-state index contributed by atoms with van der Waals surface area (Å²) in [7, 11) is 0. The molecule has 0 atom stereocenters. The van der Waals surface area contributed by atoms with Gasteiger partial charge in [-0.2, -0.15) is 0 Å². The van der Waals surface area contributed by atoms with E-state index in [4.69, 9.17) is 9.47 Å². The zero-order valence-corrected chi connectivity index (χ0v) is 17.5. The summed E-state index contributed by atoms with van der Waals surface area (Å²) in [5, 5.41) is 8.86. The van der Waals surface area contributed by atoms with Crippen molar-refractivity contribution in [2.45, 2.75) is 6.92 Å². The van der Waals surface area contributed by atoms with Crippen molar-refractivity contribution in [1.82, 2.24) is 14.8 Å². The molecular formula is C22H15FN4O4S. The molecule has 0 saturated carbocycles. The van der Waals surface area contributed by atoms with Gasteiger partial charge in [-0.05, 0) is 42.6 Å². The van der Waals surface area contributed by atoms with Crippen LogP contribution in [0.5, 0.6) is 11.5 Å². The molecule has 0 spiro atoms. The van der Waals surface area contributed by atoms with Crippen LogP contribution in [0.15, 0.2) is 53.9 Å². The van der Waals surface area contributed by atoms with Crippen LogP contribution in [0.1, 0.15) is 27.9 Å². The third-order valence-electron chi connectivity index (χ3n) is 4.74. The molecule has 0 unspecified atom stereocenters. The Balaban J connectivity index is 1.54. The Morgan fingerprint density at radius 1 is 1.12 bits per heavy atom. The normalized spacial score (nSPS) is 12.1. The van der Waals surface area contributed by atoms with Gasteiger partial charge in [-0.25, -0.2) is 14.1 Å². The summed E-state index contributed by atoms with van der Waals surface area (Å²) < 4.78 is 25.9. The second-order valence-electron chi connectivity index (χ2n) is 6.89. The Kier molecular flexibility index (Phi) is 4.91. The van der Waals surface area contributed by atoms with Crippen LogP contribution in [-0.2, 0) is 0 Å². The summed E-state index contributed by atoms with van der Waals surface area (Å²) in [6, 6.07) is 12.6. The molecule has 1 N–H and O–H groups in total. The third kappa shape index (κ3) is 3.60. The molecule has 0 radical (unpaired) electrons. The van der Waals surface area contributed by atoms with Gasteiger partial charge in [-0.1, -0.05) is 12.1 Å². The number of nitrogens with one attached hydrogen (secondary N) is 1. The molecule has 32 heavy (non-hydrogen) atoms. The summed E-state index contributed by atoms with van der Waals surface area (Å²) in [6.45, 7) is 1.42. The monoisotopic (exact) mass is 450 g/mol. The van der Waals surface area contributed by atoms with Crippen LogP contribution in [0.25, 0.3) is 16.4 Å². The zero-order chi connectivity index (χ0) is 22.2. The minimum Gasteiger partial charge on any atom is -0.454 e. The Hall–Kier alpha value is -4.05. The van der Waals surface area contributed by atoms with E-state index in [0.29, 0.717) is 23.0 Å². The smallest absolute Gasteiger partial charge is 0.295 e. The first kappa shape index (κ1) is 19.9. The van der Waals surface area contributed by atoms with Gasteiger partial charge in [-0.15, -0.1) is 16.4 Å². The largest absolute Gasteiger partial charge is 0.454 e. The molecule has 0 aliphatic carbocycles. The van der Waals surface area contributed by atoms with Gasteiger partial charge in [0.05, 0.1) is 16.3 Å². The number of hydrogen-bond donors (Lipinski definition) is 1. The van der Waals surface area contributed by atoms with E-state index in [1.165, 1.54) is 47.2 Å². The number of carbonyl (C=O) groups is 2. The average molecular weight is 450 g/mol. The predicted molar refractivity (Wildman–Crippen MR) is 115 cm³/mol. The fraction of sp³-hybridized carbons (Fsp3) is 0.0909. The van der Waals surface area contributed by atoms with Gasteiger partial charge >= 0.3 is 0 Å². The van der Waals surface area contributed by atoms with Gasteiger partial charge in [-0.3, -0.25) is 9.59 Å². The Morgan fingerprint density at radius 2 is 1.94 bits per heavy atom. The van der Waals surface area contributed by atoms with Gasteiger partial charge in [0.2, 0.25) is 12.6 Å². The van der Waals surface area contributed by atoms with Crippen LogP contribution in [0.4, 0.5) is 10.1 Å². The second kappa shape index (κ2) is 7.89. The molecule has 3 heterocycles. The number of hydrogen-bond acceptors (Lipinski definition) is 7. The first-order valence-electron chi connectivity index (χ1n) is 9.52. The lowest BCUT2D eigenvalue weighted by atomic mass is 10.1. The number of anilines is 1. The number of benzene rings is 2. The average Bonchev–Trinajstić information content (AvgIpc) is 3.52. The number of halogens is 1. The third-order valence-corrected chi connectivity index (χ3v) is 5.61. The number of fused-ring (bicyclic) bond motifs is 1. The van der Waals surface area contributed by atoms with Crippen molar-refractivity contribution in [1.29, 1.82) is 0 Å². The van der Waals surface area contributed by atoms with E-state index < -0.39 is 11.7 Å². The van der Waals surface area contributed by atoms with Crippen molar-refractivity contribution < 1.29 is 23.5 Å². The lowest BCUT2D eigenvalue weighted by molar-refractivity contribution is 0.101. The van der Waals surface area contributed by atoms with Gasteiger partial charge in [0.15, 0.2) is 23.1 Å². The van der Waals surface area contributed by atoms with Crippen LogP contribution in [-0.4, -0.2) is 33.2 Å². The van der Waals surface area contributed by atoms with Crippen molar-refractivity contribution in [2.75, 3.05) is 12.1 Å². The standard InChI is InChI=1S/C22H15FN4O4S/c1-12(28)15-9-17-18(31-11-30-17)10-16(15)24-22(29)20-25-21(19-6-3-7-32-19)27(26-20)14-5-2-4-13(23)8-14/h2-10H,11H2,1H3,(H,24,29). The lowest BCUT2D eigenvalue weighted by Gasteiger charge is -2.09. The molecular weight excluding hydrogens is 435 g/mol. The summed E-state index contributed by atoms with van der Waals surface area (Å²) >= 11 is 1.41. The van der Waals surface area contributed by atoms with Gasteiger partial charge in [0.1, 0.15) is 5.82 Å². The summed E-state index contributed by atoms with van der Waals surface area (Å²) in [5.41, 5.74) is 0.949. The minimum atomic E-state index is -0.626. The number of amides is 1. The van der Waals surface area contributed by atoms with Crippen LogP contribution < -0.4 is 14.8 Å². The lowest BCUT2D eigenvalue weighted by Crippen LogP contribution is -2.16. The molecule has 1 aliphatic rings. The first-order chi connectivity index (χ1) is 15.5. The maximum atomic E-state index is 13.8. The first-order valence-corrected chi connectivity index (χ1v) is 10.4. The topological polar surface area (TPSA) is 95.3 Å². The van der Waals surface area contributed by atoms with E-state index in [9.17, 15) is 14.0 Å². The van der Waals surface area contributed by atoms with Gasteiger partial charge in [0, 0.05) is 11.6 Å². The van der Waals surface area contributed by atoms with E-state index >= 15 is 0 Å². The molecule has 1 aliphatic heterocycles. The molecule has 5 rings (SSSR count). The number of Topliss-reactive ketones (excluding diaryl/α,β-unsaturated/α-hetero) is 1. The van der Waals surface area contributed by atoms with E-state index in [1.54, 1.807) is 12.1 Å². The number of carbonyl (C=O) groups excluding carboxylic acids is 2. The molecule has 2 aromatic carbocycles. The van der Waals surface area contributed by atoms with Crippen molar-refractivity contribution in [2.24, 2.45) is 0 Å². The van der Waals surface area contributed by atoms with Crippen LogP contribution in [0.2, 0.25) is 0 Å². The second-order valence-corrected chi connectivity index (χ2v) is 7.84. The Bertz CT molecular complexity index is 1350. The molecule has 10 heteroatoms. The van der Waals surface area contributed by atoms with Crippen LogP contribution >= 0.6 is 11.3 Å². The number of ether oxygens (including phenoxy) is 2. The van der Waals surface area contributed by atoms with Crippen molar-refractivity contribution in [3.63, 3.8) is 0 Å². The number of thiophene rings is 1. The van der Waals surface area contributed by atoms with Crippen molar-refractivity contribution in [3.05, 3.63) is 71.1 Å². The van der Waals surface area contributed by atoms with Gasteiger partial charge in [0.25, 0.3) is 5.91 Å². The van der Waals surface area contributed by atoms with E-state index in [0.717, 1.165) is 4.88 Å². The maximum absolute atomic E-state index is 13.8. The van der Waals surface area contributed by atoms with E-state index in [2.05, 4.69) is 15.4 Å². The highest BCUT2D eigenvalue weighted by Crippen LogP contribution is 2.37. The van der Waals surface area contributed by atoms with E-state index in [1.807, 2.05) is 17.5 Å². The number of rotatable bonds is 5. The number of aromatic nitrogens is 3. The zero-order valence-electron chi connectivity index (χ0n) is 16.7. The minimum absolute atomic E-state index is 0.0356. The molecule has 8 nitrogen and oxygen atoms in total. The van der Waals surface area contributed by atoms with Crippen molar-refractivity contribution in [3.8, 4) is 27.9 Å². The van der Waals surface area contributed by atoms with Crippen LogP contribution in [0, 0.1) is 5.82 Å².